The van der Waals surface area contributed by atoms with Crippen molar-refractivity contribution in [2.45, 2.75) is 51.4 Å². The van der Waals surface area contributed by atoms with E-state index in [1.54, 1.807) is 11.3 Å². The molecule has 1 saturated carbocycles. The first-order valence-corrected chi connectivity index (χ1v) is 10.7. The number of hydrogen-bond acceptors (Lipinski definition) is 4. The van der Waals surface area contributed by atoms with E-state index < -0.39 is 0 Å². The van der Waals surface area contributed by atoms with Crippen molar-refractivity contribution in [3.8, 4) is 0 Å². The first-order valence-electron chi connectivity index (χ1n) is 9.86. The quantitative estimate of drug-likeness (QED) is 0.588. The van der Waals surface area contributed by atoms with Gasteiger partial charge < -0.3 is 10.1 Å². The number of aryl methyl sites for hydroxylation is 1. The number of anilines is 1. The zero-order valence-electron chi connectivity index (χ0n) is 15.6. The van der Waals surface area contributed by atoms with Gasteiger partial charge in [0.25, 0.3) is 0 Å². The maximum atomic E-state index is 12.8. The number of ether oxygens (including phenoxy) is 1. The smallest absolute Gasteiger partial charge is 0.341 e. The molecule has 2 aliphatic rings. The summed E-state index contributed by atoms with van der Waals surface area (Å²) in [6.07, 6.45) is 6.16. The number of rotatable bonds is 5. The van der Waals surface area contributed by atoms with Crippen molar-refractivity contribution in [2.24, 2.45) is 5.92 Å². The Hall–Kier alpha value is -2.14. The first kappa shape index (κ1) is 18.2. The third-order valence-electron chi connectivity index (χ3n) is 5.49. The van der Waals surface area contributed by atoms with Crippen molar-refractivity contribution in [2.75, 3.05) is 11.9 Å². The summed E-state index contributed by atoms with van der Waals surface area (Å²) in [5.74, 6) is -0.00667. The molecule has 1 aromatic carbocycles. The van der Waals surface area contributed by atoms with Gasteiger partial charge in [0.2, 0.25) is 5.91 Å². The third kappa shape index (κ3) is 3.79. The van der Waals surface area contributed by atoms with Crippen LogP contribution in [0.15, 0.2) is 30.3 Å². The van der Waals surface area contributed by atoms with E-state index >= 15 is 0 Å². The number of carbonyl (C=O) groups is 2. The van der Waals surface area contributed by atoms with E-state index in [0.29, 0.717) is 17.2 Å². The number of fused-ring (bicyclic) bond motifs is 1. The van der Waals surface area contributed by atoms with Gasteiger partial charge in [0, 0.05) is 10.8 Å². The van der Waals surface area contributed by atoms with Gasteiger partial charge in [0.1, 0.15) is 5.00 Å². The zero-order valence-corrected chi connectivity index (χ0v) is 16.4. The highest BCUT2D eigenvalue weighted by molar-refractivity contribution is 7.17. The Balaban J connectivity index is 1.55. The van der Waals surface area contributed by atoms with Crippen molar-refractivity contribution < 1.29 is 14.3 Å². The van der Waals surface area contributed by atoms with E-state index in [1.165, 1.54) is 16.9 Å². The van der Waals surface area contributed by atoms with Crippen molar-refractivity contribution in [3.05, 3.63) is 51.9 Å². The van der Waals surface area contributed by atoms with Crippen LogP contribution >= 0.6 is 11.3 Å². The minimum absolute atomic E-state index is 0.00986. The summed E-state index contributed by atoms with van der Waals surface area (Å²) in [7, 11) is 0. The number of nitrogens with one attached hydrogen (secondary N) is 1. The lowest BCUT2D eigenvalue weighted by molar-refractivity contribution is -0.117. The van der Waals surface area contributed by atoms with Crippen LogP contribution in [-0.4, -0.2) is 18.5 Å². The van der Waals surface area contributed by atoms with E-state index in [0.717, 1.165) is 37.7 Å². The maximum absolute atomic E-state index is 12.8. The highest BCUT2D eigenvalue weighted by Crippen LogP contribution is 2.48. The lowest BCUT2D eigenvalue weighted by Gasteiger charge is -2.08. The van der Waals surface area contributed by atoms with Crippen molar-refractivity contribution in [1.29, 1.82) is 0 Å². The van der Waals surface area contributed by atoms with E-state index in [1.807, 2.05) is 25.1 Å². The lowest BCUT2D eigenvalue weighted by Crippen LogP contribution is -2.17. The number of carbonyl (C=O) groups excluding carboxylic acids is 2. The number of hydrogen-bond donors (Lipinski definition) is 1. The van der Waals surface area contributed by atoms with Gasteiger partial charge in [-0.25, -0.2) is 4.79 Å². The minimum atomic E-state index is -0.303. The average Bonchev–Trinajstić information content (AvgIpc) is 3.44. The fourth-order valence-electron chi connectivity index (χ4n) is 4.01. The third-order valence-corrected chi connectivity index (χ3v) is 6.70. The molecular weight excluding hydrogens is 358 g/mol. The van der Waals surface area contributed by atoms with Gasteiger partial charge in [-0.3, -0.25) is 4.79 Å². The molecule has 5 heteroatoms. The van der Waals surface area contributed by atoms with Crippen LogP contribution in [0.25, 0.3) is 0 Å². The Morgan fingerprint density at radius 2 is 1.93 bits per heavy atom. The molecule has 0 saturated heterocycles. The predicted octanol–water partition coefficient (Wildman–Crippen LogP) is 4.94. The Morgan fingerprint density at radius 1 is 1.15 bits per heavy atom. The zero-order chi connectivity index (χ0) is 18.8. The number of thiophene rings is 1. The molecule has 0 radical (unpaired) electrons. The van der Waals surface area contributed by atoms with Crippen LogP contribution in [0.5, 0.6) is 0 Å². The minimum Gasteiger partial charge on any atom is -0.462 e. The fourth-order valence-corrected chi connectivity index (χ4v) is 5.29. The second-order valence-electron chi connectivity index (χ2n) is 7.34. The summed E-state index contributed by atoms with van der Waals surface area (Å²) >= 11 is 1.57. The molecule has 4 nitrogen and oxygen atoms in total. The molecule has 0 bridgehead atoms. The van der Waals surface area contributed by atoms with Crippen LogP contribution in [-0.2, 0) is 22.4 Å². The van der Waals surface area contributed by atoms with Gasteiger partial charge in [-0.15, -0.1) is 11.3 Å². The highest BCUT2D eigenvalue weighted by atomic mass is 32.1. The summed E-state index contributed by atoms with van der Waals surface area (Å²) in [5, 5.41) is 3.75. The Morgan fingerprint density at radius 3 is 2.70 bits per heavy atom. The molecule has 1 N–H and O–H groups in total. The second-order valence-corrected chi connectivity index (χ2v) is 8.44. The van der Waals surface area contributed by atoms with Crippen molar-refractivity contribution >= 4 is 28.2 Å². The summed E-state index contributed by atoms with van der Waals surface area (Å²) in [4.78, 5) is 26.6. The molecule has 0 spiro atoms. The standard InChI is InChI=1S/C22H25NO3S/c1-2-26-22(25)19-15-11-7-4-8-12-18(15)27-21(19)23-20(24)17-13-16(17)14-9-5-3-6-10-14/h3,5-6,9-10,16-17H,2,4,7-8,11-13H2,1H3,(H,23,24). The predicted molar refractivity (Wildman–Crippen MR) is 107 cm³/mol. The number of benzene rings is 1. The molecule has 0 aliphatic heterocycles. The molecule has 27 heavy (non-hydrogen) atoms. The molecule has 2 atom stereocenters. The Kier molecular flexibility index (Phi) is 5.30. The Bertz CT molecular complexity index is 843. The molecule has 1 amide bonds. The molecule has 2 unspecified atom stereocenters. The lowest BCUT2D eigenvalue weighted by atomic mass is 10.1. The summed E-state index contributed by atoms with van der Waals surface area (Å²) in [5.41, 5.74) is 2.91. The van der Waals surface area contributed by atoms with E-state index in [9.17, 15) is 9.59 Å². The summed E-state index contributed by atoms with van der Waals surface area (Å²) in [6.45, 7) is 2.16. The van der Waals surface area contributed by atoms with Gasteiger partial charge in [0.05, 0.1) is 12.2 Å². The SMILES string of the molecule is CCOC(=O)c1c(NC(=O)C2CC2c2ccccc2)sc2c1CCCCC2. The fraction of sp³-hybridized carbons (Fsp3) is 0.455. The van der Waals surface area contributed by atoms with Gasteiger partial charge in [0.15, 0.2) is 0 Å². The van der Waals surface area contributed by atoms with Crippen LogP contribution < -0.4 is 5.32 Å². The molecular formula is C22H25NO3S. The normalized spacial score (nSPS) is 21.1. The largest absolute Gasteiger partial charge is 0.462 e. The van der Waals surface area contributed by atoms with Crippen LogP contribution in [0.3, 0.4) is 0 Å². The van der Waals surface area contributed by atoms with E-state index in [-0.39, 0.29) is 23.7 Å². The van der Waals surface area contributed by atoms with Crippen molar-refractivity contribution in [1.82, 2.24) is 0 Å². The van der Waals surface area contributed by atoms with E-state index in [2.05, 4.69) is 17.4 Å². The molecule has 1 fully saturated rings. The highest BCUT2D eigenvalue weighted by Gasteiger charge is 2.44. The van der Waals surface area contributed by atoms with Crippen LogP contribution in [0, 0.1) is 5.92 Å². The number of amides is 1. The summed E-state index contributed by atoms with van der Waals surface area (Å²) in [6, 6.07) is 10.2. The monoisotopic (exact) mass is 383 g/mol. The molecule has 1 aromatic heterocycles. The Labute approximate surface area is 163 Å². The molecule has 1 heterocycles. The second kappa shape index (κ2) is 7.85. The van der Waals surface area contributed by atoms with Crippen LogP contribution in [0.4, 0.5) is 5.00 Å². The maximum Gasteiger partial charge on any atom is 0.341 e. The molecule has 2 aliphatic carbocycles. The van der Waals surface area contributed by atoms with Crippen molar-refractivity contribution in [3.63, 3.8) is 0 Å². The molecule has 142 valence electrons. The molecule has 2 aromatic rings. The molecule has 4 rings (SSSR count). The summed E-state index contributed by atoms with van der Waals surface area (Å²) < 4.78 is 5.30. The van der Waals surface area contributed by atoms with Gasteiger partial charge in [-0.05, 0) is 56.1 Å². The average molecular weight is 384 g/mol. The van der Waals surface area contributed by atoms with Gasteiger partial charge in [-0.1, -0.05) is 36.8 Å². The van der Waals surface area contributed by atoms with Gasteiger partial charge in [-0.2, -0.15) is 0 Å². The topological polar surface area (TPSA) is 55.4 Å². The number of esters is 1. The van der Waals surface area contributed by atoms with Crippen LogP contribution in [0.1, 0.15) is 64.9 Å². The first-order chi connectivity index (χ1) is 13.2. The van der Waals surface area contributed by atoms with E-state index in [4.69, 9.17) is 4.74 Å². The van der Waals surface area contributed by atoms with Crippen LogP contribution in [0.2, 0.25) is 0 Å². The van der Waals surface area contributed by atoms with Gasteiger partial charge >= 0.3 is 5.97 Å².